The van der Waals surface area contributed by atoms with Gasteiger partial charge in [-0.3, -0.25) is 9.20 Å². The van der Waals surface area contributed by atoms with Gasteiger partial charge in [0, 0.05) is 5.52 Å². The summed E-state index contributed by atoms with van der Waals surface area (Å²) < 4.78 is 7.13. The van der Waals surface area contributed by atoms with Crippen molar-refractivity contribution in [2.45, 2.75) is 0 Å². The molecule has 0 spiro atoms. The summed E-state index contributed by atoms with van der Waals surface area (Å²) in [6, 6.07) is 7.27. The Morgan fingerprint density at radius 2 is 2.00 bits per heavy atom. The van der Waals surface area contributed by atoms with Crippen LogP contribution < -0.4 is 10.3 Å². The predicted molar refractivity (Wildman–Crippen MR) is 57.9 cm³/mol. The van der Waals surface area contributed by atoms with E-state index in [1.165, 1.54) is 0 Å². The van der Waals surface area contributed by atoms with Gasteiger partial charge in [0.25, 0.3) is 5.56 Å². The summed E-state index contributed by atoms with van der Waals surface area (Å²) >= 11 is 3.19. The van der Waals surface area contributed by atoms with E-state index >= 15 is 0 Å². The molecule has 0 unspecified atom stereocenters. The van der Waals surface area contributed by atoms with E-state index in [4.69, 9.17) is 4.74 Å². The van der Waals surface area contributed by atoms with Crippen LogP contribution >= 0.6 is 15.9 Å². The summed E-state index contributed by atoms with van der Waals surface area (Å²) in [4.78, 5) is 11.7. The molecule has 0 saturated heterocycles. The van der Waals surface area contributed by atoms with Crippen LogP contribution in [0.1, 0.15) is 0 Å². The van der Waals surface area contributed by atoms with Crippen molar-refractivity contribution < 1.29 is 4.74 Å². The van der Waals surface area contributed by atoms with Crippen molar-refractivity contribution in [1.82, 2.24) is 4.40 Å². The number of methoxy groups -OCH3 is 1. The van der Waals surface area contributed by atoms with Gasteiger partial charge < -0.3 is 4.74 Å². The van der Waals surface area contributed by atoms with Crippen molar-refractivity contribution >= 4 is 21.4 Å². The first-order valence-electron chi connectivity index (χ1n) is 4.07. The molecule has 2 aromatic heterocycles. The van der Waals surface area contributed by atoms with Crippen molar-refractivity contribution in [3.05, 3.63) is 45.3 Å². The molecule has 0 bridgehead atoms. The second-order valence-corrected chi connectivity index (χ2v) is 3.70. The van der Waals surface area contributed by atoms with Crippen LogP contribution in [0.2, 0.25) is 0 Å². The molecule has 2 heterocycles. The summed E-state index contributed by atoms with van der Waals surface area (Å²) in [6.45, 7) is 0. The van der Waals surface area contributed by atoms with Crippen LogP contribution in [-0.2, 0) is 0 Å². The van der Waals surface area contributed by atoms with Crippen LogP contribution in [0.3, 0.4) is 0 Å². The molecule has 2 rings (SSSR count). The van der Waals surface area contributed by atoms with Gasteiger partial charge in [-0.2, -0.15) is 0 Å². The van der Waals surface area contributed by atoms with E-state index in [1.54, 1.807) is 23.8 Å². The van der Waals surface area contributed by atoms with Crippen LogP contribution in [0, 0.1) is 0 Å². The second kappa shape index (κ2) is 3.46. The summed E-state index contributed by atoms with van der Waals surface area (Å²) in [6.07, 6.45) is 1.67. The number of halogens is 1. The van der Waals surface area contributed by atoms with E-state index in [1.807, 2.05) is 18.2 Å². The Labute approximate surface area is 89.1 Å². The monoisotopic (exact) mass is 253 g/mol. The maximum atomic E-state index is 11.7. The lowest BCUT2D eigenvalue weighted by Crippen LogP contribution is -2.13. The quantitative estimate of drug-likeness (QED) is 0.779. The standard InChI is InChI=1S/C10H8BrNO2/c1-14-8-4-2-7-3-5-9(11)10(13)12(7)6-8/h2-6H,1H3. The maximum Gasteiger partial charge on any atom is 0.269 e. The fourth-order valence-corrected chi connectivity index (χ4v) is 1.59. The van der Waals surface area contributed by atoms with E-state index in [0.29, 0.717) is 10.2 Å². The number of fused-ring (bicyclic) bond motifs is 1. The molecule has 0 radical (unpaired) electrons. The minimum absolute atomic E-state index is 0.0820. The zero-order chi connectivity index (χ0) is 10.1. The highest BCUT2D eigenvalue weighted by molar-refractivity contribution is 9.10. The molecular weight excluding hydrogens is 246 g/mol. The van der Waals surface area contributed by atoms with Crippen molar-refractivity contribution in [2.75, 3.05) is 7.11 Å². The van der Waals surface area contributed by atoms with Crippen molar-refractivity contribution in [3.8, 4) is 5.75 Å². The summed E-state index contributed by atoms with van der Waals surface area (Å²) in [5.74, 6) is 0.665. The van der Waals surface area contributed by atoms with Gasteiger partial charge in [0.2, 0.25) is 0 Å². The van der Waals surface area contributed by atoms with Crippen LogP contribution in [0.15, 0.2) is 39.7 Å². The minimum atomic E-state index is -0.0820. The Morgan fingerprint density at radius 3 is 2.71 bits per heavy atom. The maximum absolute atomic E-state index is 11.7. The van der Waals surface area contributed by atoms with Gasteiger partial charge in [0.15, 0.2) is 0 Å². The number of nitrogens with zero attached hydrogens (tertiary/aromatic N) is 1. The van der Waals surface area contributed by atoms with E-state index in [0.717, 1.165) is 5.52 Å². The largest absolute Gasteiger partial charge is 0.495 e. The number of aromatic nitrogens is 1. The molecule has 0 amide bonds. The van der Waals surface area contributed by atoms with Crippen LogP contribution in [0.4, 0.5) is 0 Å². The average Bonchev–Trinajstić information content (AvgIpc) is 2.23. The molecule has 4 heteroatoms. The van der Waals surface area contributed by atoms with E-state index in [2.05, 4.69) is 15.9 Å². The molecule has 0 atom stereocenters. The number of hydrogen-bond donors (Lipinski definition) is 0. The molecule has 0 saturated carbocycles. The molecular formula is C10H8BrNO2. The first kappa shape index (κ1) is 9.27. The highest BCUT2D eigenvalue weighted by atomic mass is 79.9. The Hall–Kier alpha value is -1.29. The van der Waals surface area contributed by atoms with Gasteiger partial charge in [-0.15, -0.1) is 0 Å². The third kappa shape index (κ3) is 1.42. The zero-order valence-electron chi connectivity index (χ0n) is 7.53. The van der Waals surface area contributed by atoms with Gasteiger partial charge in [0.05, 0.1) is 17.8 Å². The topological polar surface area (TPSA) is 30.7 Å². The number of rotatable bonds is 1. The smallest absolute Gasteiger partial charge is 0.269 e. The third-order valence-corrected chi connectivity index (χ3v) is 2.62. The van der Waals surface area contributed by atoms with E-state index < -0.39 is 0 Å². The normalized spacial score (nSPS) is 10.4. The van der Waals surface area contributed by atoms with Gasteiger partial charge >= 0.3 is 0 Å². The molecule has 0 N–H and O–H groups in total. The van der Waals surface area contributed by atoms with E-state index in [-0.39, 0.29) is 5.56 Å². The highest BCUT2D eigenvalue weighted by Crippen LogP contribution is 2.12. The minimum Gasteiger partial charge on any atom is -0.495 e. The first-order chi connectivity index (χ1) is 6.72. The van der Waals surface area contributed by atoms with Crippen molar-refractivity contribution in [1.29, 1.82) is 0 Å². The fraction of sp³-hybridized carbons (Fsp3) is 0.100. The molecule has 14 heavy (non-hydrogen) atoms. The summed E-state index contributed by atoms with van der Waals surface area (Å²) in [7, 11) is 1.57. The van der Waals surface area contributed by atoms with Gasteiger partial charge in [0.1, 0.15) is 5.75 Å². The van der Waals surface area contributed by atoms with E-state index in [9.17, 15) is 4.79 Å². The Balaban J connectivity index is 2.85. The van der Waals surface area contributed by atoms with Crippen LogP contribution in [-0.4, -0.2) is 11.5 Å². The molecule has 0 fully saturated rings. The van der Waals surface area contributed by atoms with Crippen LogP contribution in [0.25, 0.3) is 5.52 Å². The van der Waals surface area contributed by atoms with Crippen molar-refractivity contribution in [3.63, 3.8) is 0 Å². The molecule has 72 valence electrons. The Bertz CT molecular complexity index is 533. The molecule has 0 aliphatic rings. The lowest BCUT2D eigenvalue weighted by molar-refractivity contribution is 0.412. The van der Waals surface area contributed by atoms with Gasteiger partial charge in [-0.25, -0.2) is 0 Å². The first-order valence-corrected chi connectivity index (χ1v) is 4.86. The number of hydrogen-bond acceptors (Lipinski definition) is 2. The van der Waals surface area contributed by atoms with Crippen LogP contribution in [0.5, 0.6) is 5.75 Å². The fourth-order valence-electron chi connectivity index (χ4n) is 1.27. The lowest BCUT2D eigenvalue weighted by atomic mass is 10.3. The van der Waals surface area contributed by atoms with Gasteiger partial charge in [-0.1, -0.05) is 0 Å². The molecule has 2 aromatic rings. The number of ether oxygens (including phenoxy) is 1. The molecule has 0 aliphatic carbocycles. The molecule has 0 aromatic carbocycles. The predicted octanol–water partition coefficient (Wildman–Crippen LogP) is 2.07. The van der Waals surface area contributed by atoms with Crippen molar-refractivity contribution in [2.24, 2.45) is 0 Å². The average molecular weight is 254 g/mol. The summed E-state index contributed by atoms with van der Waals surface area (Å²) in [5.41, 5.74) is 0.764. The zero-order valence-corrected chi connectivity index (χ0v) is 9.11. The van der Waals surface area contributed by atoms with Gasteiger partial charge in [-0.05, 0) is 40.2 Å². The Morgan fingerprint density at radius 1 is 1.29 bits per heavy atom. The third-order valence-electron chi connectivity index (χ3n) is 2.01. The molecule has 0 aliphatic heterocycles. The summed E-state index contributed by atoms with van der Waals surface area (Å²) in [5, 5.41) is 0. The number of pyridine rings is 2. The highest BCUT2D eigenvalue weighted by Gasteiger charge is 2.01. The second-order valence-electron chi connectivity index (χ2n) is 2.85. The Kier molecular flexibility index (Phi) is 2.29. The molecule has 3 nitrogen and oxygen atoms in total. The lowest BCUT2D eigenvalue weighted by Gasteiger charge is -2.03. The SMILES string of the molecule is COc1ccc2ccc(Br)c(=O)n2c1.